The molecule has 1 heterocycles. The number of thiazole rings is 1. The highest BCUT2D eigenvalue weighted by Crippen LogP contribution is 2.32. The van der Waals surface area contributed by atoms with Crippen LogP contribution in [0.15, 0.2) is 53.9 Å². The number of hydrogen-bond acceptors (Lipinski definition) is 4. The third kappa shape index (κ3) is 5.04. The van der Waals surface area contributed by atoms with Crippen LogP contribution in [0.2, 0.25) is 0 Å². The molecule has 1 amide bonds. The molecule has 0 saturated carbocycles. The van der Waals surface area contributed by atoms with E-state index in [2.05, 4.69) is 10.3 Å². The zero-order valence-electron chi connectivity index (χ0n) is 15.7. The van der Waals surface area contributed by atoms with Gasteiger partial charge in [0.1, 0.15) is 10.7 Å². The Kier molecular flexibility index (Phi) is 6.21. The number of rotatable bonds is 6. The van der Waals surface area contributed by atoms with E-state index in [0.717, 1.165) is 29.0 Å². The number of nitrogens with one attached hydrogen (secondary N) is 1. The Balaban J connectivity index is 1.79. The number of amides is 1. The van der Waals surface area contributed by atoms with Gasteiger partial charge in [-0.15, -0.1) is 11.3 Å². The molecule has 2 N–H and O–H groups in total. The number of halogens is 3. The van der Waals surface area contributed by atoms with E-state index in [4.69, 9.17) is 0 Å². The topological polar surface area (TPSA) is 79.3 Å². The highest BCUT2D eigenvalue weighted by atomic mass is 32.1. The maximum absolute atomic E-state index is 12.7. The van der Waals surface area contributed by atoms with E-state index in [9.17, 15) is 27.9 Å². The van der Waals surface area contributed by atoms with Crippen LogP contribution in [0.25, 0.3) is 10.6 Å². The number of aryl methyl sites for hydroxylation is 1. The molecule has 0 unspecified atom stereocenters. The van der Waals surface area contributed by atoms with Crippen molar-refractivity contribution in [3.63, 3.8) is 0 Å². The number of aliphatic carboxylic acids is 1. The zero-order valence-corrected chi connectivity index (χ0v) is 16.6. The van der Waals surface area contributed by atoms with Crippen molar-refractivity contribution in [2.24, 2.45) is 0 Å². The summed E-state index contributed by atoms with van der Waals surface area (Å²) in [4.78, 5) is 28.1. The number of carbonyl (C=O) groups is 2. The van der Waals surface area contributed by atoms with Crippen molar-refractivity contribution in [1.82, 2.24) is 10.3 Å². The summed E-state index contributed by atoms with van der Waals surface area (Å²) in [5.74, 6) is -1.62. The number of carboxylic acid groups (broad SMARTS) is 1. The summed E-state index contributed by atoms with van der Waals surface area (Å²) in [6.07, 6.45) is -4.73. The van der Waals surface area contributed by atoms with E-state index in [-0.39, 0.29) is 12.1 Å². The van der Waals surface area contributed by atoms with Gasteiger partial charge < -0.3 is 10.4 Å². The van der Waals surface area contributed by atoms with Crippen LogP contribution in [0.5, 0.6) is 0 Å². The number of carbonyl (C=O) groups excluding carboxylic acids is 1. The van der Waals surface area contributed by atoms with E-state index in [0.29, 0.717) is 16.1 Å². The third-order valence-corrected chi connectivity index (χ3v) is 5.34. The van der Waals surface area contributed by atoms with Gasteiger partial charge in [-0.25, -0.2) is 4.98 Å². The third-order valence-electron chi connectivity index (χ3n) is 4.44. The second-order valence-corrected chi connectivity index (χ2v) is 7.45. The summed E-state index contributed by atoms with van der Waals surface area (Å²) in [6.45, 7) is 1.82. The Hall–Kier alpha value is -3.20. The van der Waals surface area contributed by atoms with Gasteiger partial charge in [-0.1, -0.05) is 36.4 Å². The van der Waals surface area contributed by atoms with E-state index >= 15 is 0 Å². The molecule has 3 aromatic rings. The second-order valence-electron chi connectivity index (χ2n) is 6.59. The molecule has 0 aliphatic heterocycles. The highest BCUT2D eigenvalue weighted by Gasteiger charge is 2.30. The van der Waals surface area contributed by atoms with Crippen molar-refractivity contribution in [1.29, 1.82) is 0 Å². The lowest BCUT2D eigenvalue weighted by molar-refractivity contribution is -0.138. The number of carboxylic acids is 1. The van der Waals surface area contributed by atoms with Gasteiger partial charge in [-0.05, 0) is 30.2 Å². The number of aromatic nitrogens is 1. The lowest BCUT2D eigenvalue weighted by Gasteiger charge is -2.18. The van der Waals surface area contributed by atoms with Gasteiger partial charge in [0.05, 0.1) is 18.0 Å². The predicted octanol–water partition coefficient (Wildman–Crippen LogP) is 5.08. The van der Waals surface area contributed by atoms with E-state index in [1.807, 2.05) is 19.1 Å². The standard InChI is InChI=1S/C21H17F3N2O3S/c1-12-4-2-3-5-15(12)16(10-18(27)28)25-19(29)17-11-30-20(26-17)13-6-8-14(9-7-13)21(22,23)24/h2-9,11,16H,10H2,1H3,(H,25,29)(H,27,28)/t16-/m0/s1. The van der Waals surface area contributed by atoms with Gasteiger partial charge in [0, 0.05) is 10.9 Å². The maximum Gasteiger partial charge on any atom is 0.416 e. The Morgan fingerprint density at radius 2 is 1.80 bits per heavy atom. The van der Waals surface area contributed by atoms with Crippen molar-refractivity contribution in [2.45, 2.75) is 25.6 Å². The van der Waals surface area contributed by atoms with Crippen LogP contribution in [0.3, 0.4) is 0 Å². The summed E-state index contributed by atoms with van der Waals surface area (Å²) in [5.41, 5.74) is 1.28. The molecule has 5 nitrogen and oxygen atoms in total. The van der Waals surface area contributed by atoms with E-state index < -0.39 is 29.7 Å². The average Bonchev–Trinajstić information content (AvgIpc) is 3.17. The first kappa shape index (κ1) is 21.5. The van der Waals surface area contributed by atoms with Gasteiger partial charge in [-0.2, -0.15) is 13.2 Å². The monoisotopic (exact) mass is 434 g/mol. The minimum absolute atomic E-state index is 0.0684. The molecular formula is C21H17F3N2O3S. The van der Waals surface area contributed by atoms with Gasteiger partial charge in [0.25, 0.3) is 5.91 Å². The molecule has 1 atom stereocenters. The van der Waals surface area contributed by atoms with Crippen molar-refractivity contribution in [3.05, 3.63) is 76.3 Å². The Labute approximate surface area is 174 Å². The fourth-order valence-corrected chi connectivity index (χ4v) is 3.74. The molecule has 30 heavy (non-hydrogen) atoms. The van der Waals surface area contributed by atoms with Gasteiger partial charge in [-0.3, -0.25) is 9.59 Å². The second kappa shape index (κ2) is 8.66. The lowest BCUT2D eigenvalue weighted by Crippen LogP contribution is -2.30. The van der Waals surface area contributed by atoms with Gasteiger partial charge >= 0.3 is 12.1 Å². The van der Waals surface area contributed by atoms with Crippen molar-refractivity contribution in [2.75, 3.05) is 0 Å². The lowest BCUT2D eigenvalue weighted by atomic mass is 9.98. The maximum atomic E-state index is 12.7. The summed E-state index contributed by atoms with van der Waals surface area (Å²) >= 11 is 1.11. The summed E-state index contributed by atoms with van der Waals surface area (Å²) < 4.78 is 38.1. The number of benzene rings is 2. The molecule has 1 aromatic heterocycles. The van der Waals surface area contributed by atoms with Gasteiger partial charge in [0.2, 0.25) is 0 Å². The molecule has 2 aromatic carbocycles. The Morgan fingerprint density at radius 1 is 1.13 bits per heavy atom. The number of hydrogen-bond donors (Lipinski definition) is 2. The van der Waals surface area contributed by atoms with Crippen molar-refractivity contribution in [3.8, 4) is 10.6 Å². The number of nitrogens with zero attached hydrogens (tertiary/aromatic N) is 1. The summed E-state index contributed by atoms with van der Waals surface area (Å²) in [7, 11) is 0. The van der Waals surface area contributed by atoms with Crippen LogP contribution in [0.4, 0.5) is 13.2 Å². The molecule has 0 radical (unpaired) electrons. The molecule has 0 aliphatic rings. The summed E-state index contributed by atoms with van der Waals surface area (Å²) in [5, 5.41) is 13.8. The molecule has 0 spiro atoms. The van der Waals surface area contributed by atoms with E-state index in [1.54, 1.807) is 12.1 Å². The normalized spacial score (nSPS) is 12.4. The van der Waals surface area contributed by atoms with Crippen LogP contribution in [0, 0.1) is 6.92 Å². The minimum Gasteiger partial charge on any atom is -0.481 e. The highest BCUT2D eigenvalue weighted by molar-refractivity contribution is 7.13. The molecule has 0 saturated heterocycles. The average molecular weight is 434 g/mol. The van der Waals surface area contributed by atoms with Crippen LogP contribution >= 0.6 is 11.3 Å². The molecule has 3 rings (SSSR count). The van der Waals surface area contributed by atoms with E-state index in [1.165, 1.54) is 17.5 Å². The molecule has 0 fully saturated rings. The van der Waals surface area contributed by atoms with Crippen LogP contribution in [0.1, 0.15) is 39.6 Å². The number of alkyl halides is 3. The smallest absolute Gasteiger partial charge is 0.416 e. The minimum atomic E-state index is -4.43. The molecular weight excluding hydrogens is 417 g/mol. The van der Waals surface area contributed by atoms with Crippen molar-refractivity contribution < 1.29 is 27.9 Å². The first-order chi connectivity index (χ1) is 14.1. The summed E-state index contributed by atoms with van der Waals surface area (Å²) in [6, 6.07) is 10.9. The Morgan fingerprint density at radius 3 is 2.40 bits per heavy atom. The molecule has 156 valence electrons. The largest absolute Gasteiger partial charge is 0.481 e. The SMILES string of the molecule is Cc1ccccc1[C@H](CC(=O)O)NC(=O)c1csc(-c2ccc(C(F)(F)F)cc2)n1. The first-order valence-electron chi connectivity index (χ1n) is 8.86. The van der Waals surface area contributed by atoms with Gasteiger partial charge in [0.15, 0.2) is 0 Å². The molecule has 0 aliphatic carbocycles. The Bertz CT molecular complexity index is 1060. The predicted molar refractivity (Wildman–Crippen MR) is 106 cm³/mol. The fraction of sp³-hybridized carbons (Fsp3) is 0.190. The molecule has 0 bridgehead atoms. The first-order valence-corrected chi connectivity index (χ1v) is 9.74. The van der Waals surface area contributed by atoms with Crippen LogP contribution in [-0.4, -0.2) is 22.0 Å². The molecule has 9 heteroatoms. The fourth-order valence-electron chi connectivity index (χ4n) is 2.94. The van der Waals surface area contributed by atoms with Crippen molar-refractivity contribution >= 4 is 23.2 Å². The zero-order chi connectivity index (χ0) is 21.9. The van der Waals surface area contributed by atoms with Crippen LogP contribution < -0.4 is 5.32 Å². The quantitative estimate of drug-likeness (QED) is 0.567. The van der Waals surface area contributed by atoms with Crippen LogP contribution in [-0.2, 0) is 11.0 Å².